The molecule has 0 spiro atoms. The summed E-state index contributed by atoms with van der Waals surface area (Å²) in [4.78, 5) is 20.6. The van der Waals surface area contributed by atoms with E-state index in [-0.39, 0.29) is 11.1 Å². The Morgan fingerprint density at radius 3 is 1.00 bits per heavy atom. The SMILES string of the molecule is C[N+](C)(C)C.C[N+](C)(C)C.O=C([O-])c1ccccc1C(=O)[O-]. The van der Waals surface area contributed by atoms with Crippen LogP contribution in [0, 0.1) is 0 Å². The molecule has 1 rings (SSSR count). The summed E-state index contributed by atoms with van der Waals surface area (Å²) in [6.45, 7) is 0. The number of carbonyl (C=O) groups is 2. The Morgan fingerprint density at radius 2 is 0.864 bits per heavy atom. The normalized spacial score (nSPS) is 10.5. The first-order valence-electron chi connectivity index (χ1n) is 6.72. The van der Waals surface area contributed by atoms with Crippen LogP contribution in [-0.4, -0.2) is 77.3 Å². The van der Waals surface area contributed by atoms with E-state index in [0.29, 0.717) is 0 Å². The fourth-order valence-electron chi connectivity index (χ4n) is 0.839. The molecule has 0 fully saturated rings. The molecule has 0 aliphatic heterocycles. The van der Waals surface area contributed by atoms with Gasteiger partial charge in [0.1, 0.15) is 0 Å². The van der Waals surface area contributed by atoms with Gasteiger partial charge in [-0.05, 0) is 0 Å². The standard InChI is InChI=1S/C8H6O4.2C4H12N/c9-7(10)5-3-1-2-4-6(5)8(11)12;2*1-5(2,3)4/h1-4H,(H,9,10)(H,11,12);2*1-4H3/q;2*+1/p-2. The van der Waals surface area contributed by atoms with Crippen molar-refractivity contribution in [3.63, 3.8) is 0 Å². The maximum Gasteiger partial charge on any atom is 0.0721 e. The number of aromatic carboxylic acids is 2. The second kappa shape index (κ2) is 9.17. The van der Waals surface area contributed by atoms with Gasteiger partial charge in [-0.1, -0.05) is 24.3 Å². The second-order valence-electron chi connectivity index (χ2n) is 7.49. The molecule has 0 atom stereocenters. The number of hydrogen-bond acceptors (Lipinski definition) is 4. The first-order valence-corrected chi connectivity index (χ1v) is 6.72. The predicted octanol–water partition coefficient (Wildman–Crippen LogP) is -0.942. The van der Waals surface area contributed by atoms with Crippen LogP contribution in [0.4, 0.5) is 0 Å². The van der Waals surface area contributed by atoms with Gasteiger partial charge in [0.25, 0.3) is 0 Å². The first-order chi connectivity index (χ1) is 9.63. The number of carboxylic acids is 2. The van der Waals surface area contributed by atoms with Crippen LogP contribution >= 0.6 is 0 Å². The molecule has 0 radical (unpaired) electrons. The van der Waals surface area contributed by atoms with E-state index in [1.165, 1.54) is 12.1 Å². The smallest absolute Gasteiger partial charge is 0.0721 e. The topological polar surface area (TPSA) is 80.3 Å². The molecule has 0 bridgehead atoms. The molecule has 1 aromatic rings. The number of hydrogen-bond donors (Lipinski definition) is 0. The zero-order valence-corrected chi connectivity index (χ0v) is 14.8. The molecule has 0 saturated heterocycles. The molecule has 0 saturated carbocycles. The molecular formula is C16H28N2O4. The maximum absolute atomic E-state index is 10.3. The molecule has 0 aliphatic carbocycles. The van der Waals surface area contributed by atoms with Gasteiger partial charge in [0.05, 0.1) is 68.3 Å². The lowest BCUT2D eigenvalue weighted by atomic mass is 10.1. The van der Waals surface area contributed by atoms with Crippen LogP contribution in [0.1, 0.15) is 20.7 Å². The van der Waals surface area contributed by atoms with Crippen molar-refractivity contribution in [2.75, 3.05) is 56.4 Å². The van der Waals surface area contributed by atoms with Crippen molar-refractivity contribution in [2.45, 2.75) is 0 Å². The van der Waals surface area contributed by atoms with Crippen molar-refractivity contribution >= 4 is 11.9 Å². The van der Waals surface area contributed by atoms with Gasteiger partial charge < -0.3 is 28.8 Å². The molecule has 0 N–H and O–H groups in total. The second-order valence-corrected chi connectivity index (χ2v) is 7.49. The third-order valence-electron chi connectivity index (χ3n) is 1.37. The van der Waals surface area contributed by atoms with Crippen LogP contribution in [0.5, 0.6) is 0 Å². The Labute approximate surface area is 133 Å². The summed E-state index contributed by atoms with van der Waals surface area (Å²) in [6, 6.07) is 5.14. The highest BCUT2D eigenvalue weighted by atomic mass is 16.4. The van der Waals surface area contributed by atoms with Gasteiger partial charge in [-0.2, -0.15) is 0 Å². The number of nitrogens with zero attached hydrogens (tertiary/aromatic N) is 2. The minimum Gasteiger partial charge on any atom is -0.545 e. The minimum absolute atomic E-state index is 0.363. The van der Waals surface area contributed by atoms with E-state index in [1.807, 2.05) is 0 Å². The average molecular weight is 312 g/mol. The van der Waals surface area contributed by atoms with Gasteiger partial charge in [0.2, 0.25) is 0 Å². The molecule has 6 nitrogen and oxygen atoms in total. The zero-order chi connectivity index (χ0) is 18.1. The Hall–Kier alpha value is -1.92. The van der Waals surface area contributed by atoms with Crippen molar-refractivity contribution in [3.8, 4) is 0 Å². The molecule has 126 valence electrons. The average Bonchev–Trinajstić information content (AvgIpc) is 2.24. The molecule has 0 unspecified atom stereocenters. The van der Waals surface area contributed by atoms with Crippen molar-refractivity contribution < 1.29 is 28.8 Å². The molecule has 0 amide bonds. The highest BCUT2D eigenvalue weighted by molar-refractivity contribution is 5.99. The lowest BCUT2D eigenvalue weighted by molar-refractivity contribution is -0.849. The maximum atomic E-state index is 10.3. The monoisotopic (exact) mass is 312 g/mol. The van der Waals surface area contributed by atoms with Gasteiger partial charge in [0.15, 0.2) is 0 Å². The summed E-state index contributed by atoms with van der Waals surface area (Å²) in [5.74, 6) is -3.04. The quantitative estimate of drug-likeness (QED) is 0.660. The van der Waals surface area contributed by atoms with Crippen LogP contribution in [0.2, 0.25) is 0 Å². The third kappa shape index (κ3) is 18.1. The summed E-state index contributed by atoms with van der Waals surface area (Å²) in [5.41, 5.74) is -0.727. The van der Waals surface area contributed by atoms with Crippen LogP contribution in [0.15, 0.2) is 24.3 Å². The Kier molecular flexibility index (Phi) is 9.32. The third-order valence-corrected chi connectivity index (χ3v) is 1.37. The lowest BCUT2D eigenvalue weighted by Gasteiger charge is -2.14. The van der Waals surface area contributed by atoms with Crippen molar-refractivity contribution in [1.29, 1.82) is 0 Å². The minimum atomic E-state index is -1.52. The summed E-state index contributed by atoms with van der Waals surface area (Å²) < 4.78 is 2.00. The number of quaternary nitrogens is 2. The molecule has 0 aliphatic rings. The van der Waals surface area contributed by atoms with Crippen molar-refractivity contribution in [1.82, 2.24) is 0 Å². The molecule has 22 heavy (non-hydrogen) atoms. The summed E-state index contributed by atoms with van der Waals surface area (Å²) in [7, 11) is 17.0. The van der Waals surface area contributed by atoms with Crippen LogP contribution in [0.3, 0.4) is 0 Å². The number of benzene rings is 1. The lowest BCUT2D eigenvalue weighted by Crippen LogP contribution is -2.29. The number of carboxylic acid groups (broad SMARTS) is 2. The summed E-state index contributed by atoms with van der Waals surface area (Å²) >= 11 is 0. The molecule has 0 heterocycles. The Morgan fingerprint density at radius 1 is 0.682 bits per heavy atom. The fourth-order valence-corrected chi connectivity index (χ4v) is 0.839. The molecular weight excluding hydrogens is 284 g/mol. The highest BCUT2D eigenvalue weighted by Gasteiger charge is 2.01. The summed E-state index contributed by atoms with van der Waals surface area (Å²) in [5, 5.41) is 20.6. The van der Waals surface area contributed by atoms with E-state index < -0.39 is 11.9 Å². The van der Waals surface area contributed by atoms with Crippen LogP contribution in [0.25, 0.3) is 0 Å². The van der Waals surface area contributed by atoms with Crippen LogP contribution in [-0.2, 0) is 0 Å². The van der Waals surface area contributed by atoms with Crippen molar-refractivity contribution in [3.05, 3.63) is 35.4 Å². The van der Waals surface area contributed by atoms with E-state index >= 15 is 0 Å². The molecule has 6 heteroatoms. The largest absolute Gasteiger partial charge is 0.545 e. The first kappa shape index (κ1) is 22.4. The van der Waals surface area contributed by atoms with Gasteiger partial charge in [-0.25, -0.2) is 0 Å². The van der Waals surface area contributed by atoms with E-state index in [0.717, 1.165) is 21.1 Å². The Bertz CT molecular complexity index is 429. The number of carbonyl (C=O) groups excluding carboxylic acids is 2. The van der Waals surface area contributed by atoms with Gasteiger partial charge in [0, 0.05) is 11.1 Å². The van der Waals surface area contributed by atoms with E-state index in [9.17, 15) is 19.8 Å². The molecule has 0 aromatic heterocycles. The zero-order valence-electron chi connectivity index (χ0n) is 14.8. The summed E-state index contributed by atoms with van der Waals surface area (Å²) in [6.07, 6.45) is 0. The fraction of sp³-hybridized carbons (Fsp3) is 0.500. The van der Waals surface area contributed by atoms with Crippen LogP contribution < -0.4 is 10.2 Å². The van der Waals surface area contributed by atoms with Gasteiger partial charge in [-0.15, -0.1) is 0 Å². The molecule has 1 aromatic carbocycles. The highest BCUT2D eigenvalue weighted by Crippen LogP contribution is 2.05. The number of rotatable bonds is 2. The van der Waals surface area contributed by atoms with E-state index in [1.54, 1.807) is 0 Å². The van der Waals surface area contributed by atoms with Gasteiger partial charge >= 0.3 is 0 Å². The predicted molar refractivity (Wildman–Crippen MR) is 83.0 cm³/mol. The van der Waals surface area contributed by atoms with Crippen molar-refractivity contribution in [2.24, 2.45) is 0 Å². The van der Waals surface area contributed by atoms with Gasteiger partial charge in [-0.3, -0.25) is 0 Å². The van der Waals surface area contributed by atoms with E-state index in [4.69, 9.17) is 0 Å². The van der Waals surface area contributed by atoms with E-state index in [2.05, 4.69) is 56.4 Å². The Balaban J connectivity index is 0.